The Morgan fingerprint density at radius 3 is 1.56 bits per heavy atom. The fourth-order valence-electron chi connectivity index (χ4n) is 8.89. The van der Waals surface area contributed by atoms with Crippen molar-refractivity contribution in [3.05, 3.63) is 193 Å². The van der Waals surface area contributed by atoms with E-state index in [4.69, 9.17) is 19.4 Å². The summed E-state index contributed by atoms with van der Waals surface area (Å²) >= 11 is 0. The van der Waals surface area contributed by atoms with Crippen molar-refractivity contribution in [3.63, 3.8) is 0 Å². The summed E-state index contributed by atoms with van der Waals surface area (Å²) in [5, 5.41) is 5.92. The van der Waals surface area contributed by atoms with Gasteiger partial charge in [-0.05, 0) is 55.0 Å². The Bertz CT molecular complexity index is 3330. The van der Waals surface area contributed by atoms with E-state index in [0.717, 1.165) is 74.2 Å². The second-order valence-electron chi connectivity index (χ2n) is 14.7. The highest BCUT2D eigenvalue weighted by molar-refractivity contribution is 6.19. The van der Waals surface area contributed by atoms with Crippen LogP contribution in [0.5, 0.6) is 0 Å². The van der Waals surface area contributed by atoms with E-state index in [2.05, 4.69) is 124 Å². The van der Waals surface area contributed by atoms with Crippen molar-refractivity contribution in [1.82, 2.24) is 24.1 Å². The van der Waals surface area contributed by atoms with Crippen molar-refractivity contribution in [2.75, 3.05) is 0 Å². The molecule has 1 aliphatic carbocycles. The van der Waals surface area contributed by atoms with Crippen LogP contribution in [0.25, 0.3) is 94.3 Å². The maximum Gasteiger partial charge on any atom is 0.164 e. The molecular formula is C51H33N5O. The SMILES string of the molecule is C1=C(c2nc(-c3ccccc3)nc(-c3ccccc3)n2)c2c(oc3cc(-n4c5ccccc5c5cc6c(cc54)c4ccccc4n6-c4ccccc4)ccc23)CC1. The van der Waals surface area contributed by atoms with Gasteiger partial charge in [0.2, 0.25) is 0 Å². The maximum absolute atomic E-state index is 6.79. The lowest BCUT2D eigenvalue weighted by Crippen LogP contribution is -2.06. The summed E-state index contributed by atoms with van der Waals surface area (Å²) in [5.41, 5.74) is 11.7. The van der Waals surface area contributed by atoms with Crippen LogP contribution in [0, 0.1) is 0 Å². The number of fused-ring (bicyclic) bond motifs is 9. The summed E-state index contributed by atoms with van der Waals surface area (Å²) in [4.78, 5) is 15.1. The Hall–Kier alpha value is -7.57. The quantitative estimate of drug-likeness (QED) is 0.177. The zero-order chi connectivity index (χ0) is 37.5. The molecule has 0 aliphatic heterocycles. The number of benzene rings is 7. The molecular weight excluding hydrogens is 699 g/mol. The van der Waals surface area contributed by atoms with Crippen molar-refractivity contribution in [2.45, 2.75) is 12.8 Å². The molecule has 0 radical (unpaired) electrons. The van der Waals surface area contributed by atoms with Gasteiger partial charge < -0.3 is 13.6 Å². The van der Waals surface area contributed by atoms with Crippen LogP contribution in [0.2, 0.25) is 0 Å². The van der Waals surface area contributed by atoms with E-state index < -0.39 is 0 Å². The number of furan rings is 1. The zero-order valence-corrected chi connectivity index (χ0v) is 30.8. The van der Waals surface area contributed by atoms with Gasteiger partial charge >= 0.3 is 0 Å². The monoisotopic (exact) mass is 731 g/mol. The first-order chi connectivity index (χ1) is 28.3. The number of aryl methyl sites for hydroxylation is 1. The van der Waals surface area contributed by atoms with E-state index in [1.165, 1.54) is 32.6 Å². The number of hydrogen-bond donors (Lipinski definition) is 0. The van der Waals surface area contributed by atoms with Crippen molar-refractivity contribution in [1.29, 1.82) is 0 Å². The minimum Gasteiger partial charge on any atom is -0.460 e. The Morgan fingerprint density at radius 2 is 0.947 bits per heavy atom. The van der Waals surface area contributed by atoms with Crippen LogP contribution in [-0.4, -0.2) is 24.1 Å². The van der Waals surface area contributed by atoms with Crippen molar-refractivity contribution in [3.8, 4) is 34.2 Å². The molecule has 6 nitrogen and oxygen atoms in total. The molecule has 6 heteroatoms. The lowest BCUT2D eigenvalue weighted by molar-refractivity contribution is 0.545. The Labute approximate surface area is 327 Å². The summed E-state index contributed by atoms with van der Waals surface area (Å²) in [6, 6.07) is 59.7. The maximum atomic E-state index is 6.79. The molecule has 1 aliphatic rings. The van der Waals surface area contributed by atoms with Crippen LogP contribution in [0.3, 0.4) is 0 Å². The highest BCUT2D eigenvalue weighted by atomic mass is 16.3. The van der Waals surface area contributed by atoms with Crippen LogP contribution in [-0.2, 0) is 6.42 Å². The van der Waals surface area contributed by atoms with Crippen molar-refractivity contribution < 1.29 is 4.42 Å². The Balaban J connectivity index is 1.04. The van der Waals surface area contributed by atoms with Gasteiger partial charge in [0.05, 0.1) is 22.1 Å². The normalized spacial score (nSPS) is 12.9. The number of aromatic nitrogens is 5. The number of allylic oxidation sites excluding steroid dienone is 1. The fraction of sp³-hybridized carbons (Fsp3) is 0.0392. The second kappa shape index (κ2) is 12.5. The standard InChI is InChI=1S/C51H33N5O/c1-4-15-32(16-5-1)49-52-50(33-17-6-2-7-18-33)54-51(53-49)39-23-14-26-46-48(39)38-28-27-35(29-47(38)57-46)56-43-25-13-11-22-37(43)41-30-44-40(31-45(41)56)36-21-10-12-24-42(36)55(44)34-19-8-3-9-20-34/h1-13,15-25,27-31H,14,26H2. The highest BCUT2D eigenvalue weighted by Crippen LogP contribution is 2.42. The van der Waals surface area contributed by atoms with E-state index in [1.54, 1.807) is 0 Å². The molecule has 11 aromatic rings. The number of nitrogens with zero attached hydrogens (tertiary/aromatic N) is 5. The average molecular weight is 732 g/mol. The second-order valence-corrected chi connectivity index (χ2v) is 14.7. The van der Waals surface area contributed by atoms with Crippen LogP contribution >= 0.6 is 0 Å². The first kappa shape index (κ1) is 31.7. The minimum atomic E-state index is 0.648. The van der Waals surface area contributed by atoms with E-state index >= 15 is 0 Å². The minimum absolute atomic E-state index is 0.648. The smallest absolute Gasteiger partial charge is 0.164 e. The molecule has 0 spiro atoms. The van der Waals surface area contributed by atoms with Crippen LogP contribution in [0.4, 0.5) is 0 Å². The summed E-state index contributed by atoms with van der Waals surface area (Å²) in [6.45, 7) is 0. The number of rotatable bonds is 5. The van der Waals surface area contributed by atoms with Crippen LogP contribution in [0.15, 0.2) is 180 Å². The van der Waals surface area contributed by atoms with Crippen LogP contribution < -0.4 is 0 Å². The third kappa shape index (κ3) is 4.94. The van der Waals surface area contributed by atoms with Crippen LogP contribution in [0.1, 0.15) is 23.6 Å². The molecule has 0 atom stereocenters. The molecule has 0 fully saturated rings. The Morgan fingerprint density at radius 1 is 0.421 bits per heavy atom. The molecule has 4 aromatic heterocycles. The van der Waals surface area contributed by atoms with Gasteiger partial charge in [0.15, 0.2) is 17.5 Å². The molecule has 7 aromatic carbocycles. The van der Waals surface area contributed by atoms with E-state index in [-0.39, 0.29) is 0 Å². The summed E-state index contributed by atoms with van der Waals surface area (Å²) in [7, 11) is 0. The van der Waals surface area contributed by atoms with Gasteiger partial charge in [-0.25, -0.2) is 15.0 Å². The third-order valence-electron chi connectivity index (χ3n) is 11.4. The van der Waals surface area contributed by atoms with Gasteiger partial charge in [0.1, 0.15) is 11.3 Å². The van der Waals surface area contributed by atoms with Crippen molar-refractivity contribution in [2.24, 2.45) is 0 Å². The number of para-hydroxylation sites is 3. The molecule has 12 rings (SSSR count). The first-order valence-electron chi connectivity index (χ1n) is 19.4. The summed E-state index contributed by atoms with van der Waals surface area (Å²) < 4.78 is 11.6. The lowest BCUT2D eigenvalue weighted by Gasteiger charge is -2.14. The molecule has 4 heterocycles. The molecule has 0 bridgehead atoms. The third-order valence-corrected chi connectivity index (χ3v) is 11.4. The predicted molar refractivity (Wildman–Crippen MR) is 231 cm³/mol. The molecule has 0 saturated carbocycles. The number of hydrogen-bond acceptors (Lipinski definition) is 4. The zero-order valence-electron chi connectivity index (χ0n) is 30.8. The predicted octanol–water partition coefficient (Wildman–Crippen LogP) is 12.5. The molecule has 57 heavy (non-hydrogen) atoms. The van der Waals surface area contributed by atoms with Gasteiger partial charge in [-0.3, -0.25) is 0 Å². The van der Waals surface area contributed by atoms with E-state index in [1.807, 2.05) is 60.7 Å². The van der Waals surface area contributed by atoms with E-state index in [9.17, 15) is 0 Å². The van der Waals surface area contributed by atoms with Crippen molar-refractivity contribution >= 4 is 60.2 Å². The molecule has 268 valence electrons. The first-order valence-corrected chi connectivity index (χ1v) is 19.4. The van der Waals surface area contributed by atoms with Gasteiger partial charge in [-0.1, -0.05) is 121 Å². The van der Waals surface area contributed by atoms with E-state index in [0.29, 0.717) is 17.5 Å². The van der Waals surface area contributed by atoms with Gasteiger partial charge in [-0.2, -0.15) is 0 Å². The molecule has 0 N–H and O–H groups in total. The summed E-state index contributed by atoms with van der Waals surface area (Å²) in [6.07, 6.45) is 3.90. The van der Waals surface area contributed by atoms with Gasteiger partial charge in [-0.15, -0.1) is 0 Å². The fourth-order valence-corrected chi connectivity index (χ4v) is 8.89. The summed E-state index contributed by atoms with van der Waals surface area (Å²) in [5.74, 6) is 2.90. The van der Waals surface area contributed by atoms with Gasteiger partial charge in [0, 0.05) is 73.1 Å². The largest absolute Gasteiger partial charge is 0.460 e. The average Bonchev–Trinajstić information content (AvgIpc) is 3.93. The highest BCUT2D eigenvalue weighted by Gasteiger charge is 2.26. The molecule has 0 saturated heterocycles. The lowest BCUT2D eigenvalue weighted by atomic mass is 9.93. The molecule has 0 amide bonds. The topological polar surface area (TPSA) is 61.7 Å². The molecule has 0 unspecified atom stereocenters. The Kier molecular flexibility index (Phi) is 6.95. The van der Waals surface area contributed by atoms with Gasteiger partial charge in [0.25, 0.3) is 0 Å².